The first kappa shape index (κ1) is 20.2. The quantitative estimate of drug-likeness (QED) is 0.374. The highest BCUT2D eigenvalue weighted by Crippen LogP contribution is 2.41. The minimum atomic E-state index is 0.339. The maximum absolute atomic E-state index is 6.50. The number of hydrogen-bond acceptors (Lipinski definition) is 7. The van der Waals surface area contributed by atoms with Gasteiger partial charge >= 0.3 is 0 Å². The summed E-state index contributed by atoms with van der Waals surface area (Å²) >= 11 is 3.71. The van der Waals surface area contributed by atoms with Crippen LogP contribution in [0.4, 0.5) is 5.82 Å². The summed E-state index contributed by atoms with van der Waals surface area (Å²) in [6.45, 7) is 0. The second kappa shape index (κ2) is 8.18. The van der Waals surface area contributed by atoms with Crippen molar-refractivity contribution in [2.45, 2.75) is 38.0 Å². The number of H-pyrrole nitrogens is 1. The first-order chi connectivity index (χ1) is 16.2. The number of halogens is 1. The molecule has 166 valence electrons. The molecule has 6 rings (SSSR count). The Kier molecular flexibility index (Phi) is 5.01. The van der Waals surface area contributed by atoms with Crippen LogP contribution >= 0.6 is 15.9 Å². The fourth-order valence-electron chi connectivity index (χ4n) is 4.87. The van der Waals surface area contributed by atoms with Crippen LogP contribution in [0.5, 0.6) is 0 Å². The number of fused-ring (bicyclic) bond motifs is 2. The molecule has 4 heterocycles. The number of hydrogen-bond donors (Lipinski definition) is 2. The minimum Gasteiger partial charge on any atom is -0.383 e. The van der Waals surface area contributed by atoms with Crippen molar-refractivity contribution in [3.63, 3.8) is 0 Å². The van der Waals surface area contributed by atoms with Crippen LogP contribution in [0.3, 0.4) is 0 Å². The lowest BCUT2D eigenvalue weighted by molar-refractivity contribution is 0.317. The van der Waals surface area contributed by atoms with Crippen molar-refractivity contribution in [3.8, 4) is 11.1 Å². The molecule has 0 unspecified atom stereocenters. The molecule has 5 aromatic rings. The van der Waals surface area contributed by atoms with Gasteiger partial charge in [-0.3, -0.25) is 4.98 Å². The number of rotatable bonds is 4. The van der Waals surface area contributed by atoms with Crippen LogP contribution in [-0.4, -0.2) is 40.2 Å². The monoisotopic (exact) mass is 503 g/mol. The molecule has 0 radical (unpaired) electrons. The summed E-state index contributed by atoms with van der Waals surface area (Å²) in [5, 5.41) is 20.0. The van der Waals surface area contributed by atoms with Crippen LogP contribution in [-0.2, 0) is 6.42 Å². The highest BCUT2D eigenvalue weighted by atomic mass is 79.9. The fourth-order valence-corrected chi connectivity index (χ4v) is 5.45. The normalized spacial score (nSPS) is 18.8. The van der Waals surface area contributed by atoms with E-state index < -0.39 is 0 Å². The molecule has 1 aliphatic carbocycles. The Morgan fingerprint density at radius 1 is 1.12 bits per heavy atom. The van der Waals surface area contributed by atoms with Gasteiger partial charge in [0.15, 0.2) is 11.5 Å². The molecule has 33 heavy (non-hydrogen) atoms. The molecule has 10 heteroatoms. The van der Waals surface area contributed by atoms with Crippen molar-refractivity contribution in [2.75, 3.05) is 5.73 Å². The van der Waals surface area contributed by atoms with Gasteiger partial charge in [0.2, 0.25) is 0 Å². The molecule has 0 bridgehead atoms. The van der Waals surface area contributed by atoms with E-state index in [9.17, 15) is 0 Å². The second-order valence-corrected chi connectivity index (χ2v) is 9.45. The third-order valence-corrected chi connectivity index (χ3v) is 7.46. The Hall–Kier alpha value is -3.40. The lowest BCUT2D eigenvalue weighted by Gasteiger charge is -2.28. The number of aromatic amines is 1. The van der Waals surface area contributed by atoms with Gasteiger partial charge in [-0.05, 0) is 59.7 Å². The van der Waals surface area contributed by atoms with Gasteiger partial charge in [-0.2, -0.15) is 14.8 Å². The number of nitrogen functional groups attached to an aromatic ring is 1. The molecule has 0 atom stereocenters. The lowest BCUT2D eigenvalue weighted by Crippen LogP contribution is -2.18. The molecule has 0 spiro atoms. The number of para-hydroxylation sites is 1. The number of nitrogens with two attached hydrogens (primary N) is 1. The summed E-state index contributed by atoms with van der Waals surface area (Å²) in [6.07, 6.45) is 8.85. The van der Waals surface area contributed by atoms with Gasteiger partial charge < -0.3 is 5.73 Å². The standard InChI is InChI=1S/C23H22BrN9/c24-20-21(14-7-5-13(6-8-14)9-19-29-31-32-30-19)28-23-17(12-27-33(23)22(20)25)16-10-15-3-1-2-4-18(15)26-11-16/h1-4,10-14H,5-9,25H2,(H,29,30,31,32). The molecule has 1 aromatic carbocycles. The Bertz CT molecular complexity index is 1440. The number of nitrogens with one attached hydrogen (secondary N) is 1. The predicted octanol–water partition coefficient (Wildman–Crippen LogP) is 4.32. The van der Waals surface area contributed by atoms with Gasteiger partial charge in [0.1, 0.15) is 5.82 Å². The van der Waals surface area contributed by atoms with Gasteiger partial charge in [0, 0.05) is 35.0 Å². The van der Waals surface area contributed by atoms with Gasteiger partial charge in [0.05, 0.1) is 21.9 Å². The Labute approximate surface area is 198 Å². The van der Waals surface area contributed by atoms with Crippen LogP contribution in [0.25, 0.3) is 27.7 Å². The average molecular weight is 504 g/mol. The van der Waals surface area contributed by atoms with Crippen LogP contribution < -0.4 is 5.73 Å². The van der Waals surface area contributed by atoms with Gasteiger partial charge in [-0.25, -0.2) is 4.98 Å². The summed E-state index contributed by atoms with van der Waals surface area (Å²) in [5.74, 6) is 2.26. The third kappa shape index (κ3) is 3.64. The molecule has 4 aromatic heterocycles. The molecule has 3 N–H and O–H groups in total. The Morgan fingerprint density at radius 3 is 2.79 bits per heavy atom. The van der Waals surface area contributed by atoms with Crippen LogP contribution in [0.2, 0.25) is 0 Å². The SMILES string of the molecule is Nc1c(Br)c(C2CCC(Cc3nn[nH]n3)CC2)nc2c(-c3cnc4ccccc4c3)cnn12. The van der Waals surface area contributed by atoms with E-state index >= 15 is 0 Å². The first-order valence-electron chi connectivity index (χ1n) is 11.1. The third-order valence-electron chi connectivity index (χ3n) is 6.64. The van der Waals surface area contributed by atoms with E-state index in [-0.39, 0.29) is 0 Å². The number of tetrazole rings is 1. The van der Waals surface area contributed by atoms with E-state index in [4.69, 9.17) is 10.7 Å². The van der Waals surface area contributed by atoms with Crippen molar-refractivity contribution in [1.29, 1.82) is 0 Å². The van der Waals surface area contributed by atoms with Crippen molar-refractivity contribution < 1.29 is 0 Å². The summed E-state index contributed by atoms with van der Waals surface area (Å²) in [4.78, 5) is 9.70. The second-order valence-electron chi connectivity index (χ2n) is 8.66. The summed E-state index contributed by atoms with van der Waals surface area (Å²) < 4.78 is 2.54. The zero-order chi connectivity index (χ0) is 22.4. The van der Waals surface area contributed by atoms with E-state index in [1.165, 1.54) is 0 Å². The van der Waals surface area contributed by atoms with Gasteiger partial charge in [0.25, 0.3) is 0 Å². The van der Waals surface area contributed by atoms with Crippen molar-refractivity contribution in [2.24, 2.45) is 5.92 Å². The predicted molar refractivity (Wildman–Crippen MR) is 128 cm³/mol. The Morgan fingerprint density at radius 2 is 1.97 bits per heavy atom. The summed E-state index contributed by atoms with van der Waals surface area (Å²) in [5.41, 5.74) is 11.1. The molecule has 9 nitrogen and oxygen atoms in total. The van der Waals surface area contributed by atoms with Gasteiger partial charge in [-0.1, -0.05) is 23.4 Å². The topological polar surface area (TPSA) is 124 Å². The van der Waals surface area contributed by atoms with E-state index in [0.717, 1.165) is 75.8 Å². The molecule has 0 amide bonds. The molecule has 0 aliphatic heterocycles. The highest BCUT2D eigenvalue weighted by Gasteiger charge is 2.28. The molecule has 1 saturated carbocycles. The maximum Gasteiger partial charge on any atom is 0.174 e. The number of anilines is 1. The molecular formula is C23H22BrN9. The minimum absolute atomic E-state index is 0.339. The summed E-state index contributed by atoms with van der Waals surface area (Å²) in [6, 6.07) is 10.2. The molecule has 1 fully saturated rings. The number of aromatic nitrogens is 8. The van der Waals surface area contributed by atoms with E-state index in [0.29, 0.717) is 17.7 Å². The van der Waals surface area contributed by atoms with Crippen molar-refractivity contribution in [1.82, 2.24) is 40.2 Å². The fraction of sp³-hybridized carbons (Fsp3) is 0.304. The van der Waals surface area contributed by atoms with E-state index in [1.54, 1.807) is 4.52 Å². The van der Waals surface area contributed by atoms with Crippen LogP contribution in [0, 0.1) is 5.92 Å². The zero-order valence-corrected chi connectivity index (χ0v) is 19.4. The van der Waals surface area contributed by atoms with E-state index in [2.05, 4.69) is 58.8 Å². The first-order valence-corrected chi connectivity index (χ1v) is 11.9. The zero-order valence-electron chi connectivity index (χ0n) is 17.8. The Balaban J connectivity index is 1.33. The molecule has 0 saturated heterocycles. The largest absolute Gasteiger partial charge is 0.383 e. The average Bonchev–Trinajstić information content (AvgIpc) is 3.52. The summed E-state index contributed by atoms with van der Waals surface area (Å²) in [7, 11) is 0. The molecule has 1 aliphatic rings. The number of pyridine rings is 1. The smallest absolute Gasteiger partial charge is 0.174 e. The lowest BCUT2D eigenvalue weighted by atomic mass is 9.79. The van der Waals surface area contributed by atoms with E-state index in [1.807, 2.05) is 30.6 Å². The van der Waals surface area contributed by atoms with Crippen LogP contribution in [0.1, 0.15) is 43.1 Å². The van der Waals surface area contributed by atoms with Crippen LogP contribution in [0.15, 0.2) is 47.2 Å². The van der Waals surface area contributed by atoms with Crippen molar-refractivity contribution in [3.05, 3.63) is 58.7 Å². The van der Waals surface area contributed by atoms with Crippen molar-refractivity contribution >= 4 is 38.3 Å². The highest BCUT2D eigenvalue weighted by molar-refractivity contribution is 9.10. The maximum atomic E-state index is 6.50. The molecular weight excluding hydrogens is 482 g/mol. The van der Waals surface area contributed by atoms with Gasteiger partial charge in [-0.15, -0.1) is 10.2 Å². The number of nitrogens with zero attached hydrogens (tertiary/aromatic N) is 7. The number of benzene rings is 1.